The van der Waals surface area contributed by atoms with Crippen molar-refractivity contribution in [3.63, 3.8) is 0 Å². The second-order valence-corrected chi connectivity index (χ2v) is 4.33. The van der Waals surface area contributed by atoms with Crippen LogP contribution in [0.2, 0.25) is 0 Å². The molecule has 98 valence electrons. The summed E-state index contributed by atoms with van der Waals surface area (Å²) in [7, 11) is 1.73. The van der Waals surface area contributed by atoms with E-state index in [-0.39, 0.29) is 11.9 Å². The molecule has 0 aromatic carbocycles. The van der Waals surface area contributed by atoms with Crippen LogP contribution in [0.5, 0.6) is 0 Å². The number of nitrogens with zero attached hydrogens (tertiary/aromatic N) is 2. The fourth-order valence-electron chi connectivity index (χ4n) is 1.90. The SMILES string of the molecule is CNc1nc(C)cc(C(=O)NC2CCOCC2)n1. The first-order chi connectivity index (χ1) is 8.69. The number of hydrogen-bond acceptors (Lipinski definition) is 5. The molecule has 2 rings (SSSR count). The quantitative estimate of drug-likeness (QED) is 0.827. The van der Waals surface area contributed by atoms with E-state index in [0.29, 0.717) is 24.9 Å². The van der Waals surface area contributed by atoms with Gasteiger partial charge in [0.25, 0.3) is 5.91 Å². The van der Waals surface area contributed by atoms with Gasteiger partial charge in [-0.1, -0.05) is 0 Å². The first-order valence-electron chi connectivity index (χ1n) is 6.11. The van der Waals surface area contributed by atoms with E-state index in [2.05, 4.69) is 20.6 Å². The van der Waals surface area contributed by atoms with Crippen molar-refractivity contribution in [2.24, 2.45) is 0 Å². The molecule has 0 radical (unpaired) electrons. The topological polar surface area (TPSA) is 76.1 Å². The summed E-state index contributed by atoms with van der Waals surface area (Å²) in [4.78, 5) is 20.4. The van der Waals surface area contributed by atoms with Gasteiger partial charge in [0, 0.05) is 32.0 Å². The summed E-state index contributed by atoms with van der Waals surface area (Å²) in [6.07, 6.45) is 1.71. The highest BCUT2D eigenvalue weighted by Gasteiger charge is 2.18. The number of hydrogen-bond donors (Lipinski definition) is 2. The second-order valence-electron chi connectivity index (χ2n) is 4.33. The molecule has 6 nitrogen and oxygen atoms in total. The molecule has 1 aromatic heterocycles. The predicted molar refractivity (Wildman–Crippen MR) is 67.6 cm³/mol. The molecule has 1 aliphatic rings. The van der Waals surface area contributed by atoms with Gasteiger partial charge in [-0.05, 0) is 25.8 Å². The molecule has 1 aliphatic heterocycles. The van der Waals surface area contributed by atoms with Gasteiger partial charge in [-0.25, -0.2) is 9.97 Å². The van der Waals surface area contributed by atoms with Crippen LogP contribution in [-0.2, 0) is 4.74 Å². The maximum absolute atomic E-state index is 12.1. The van der Waals surface area contributed by atoms with Crippen LogP contribution in [0.4, 0.5) is 5.95 Å². The lowest BCUT2D eigenvalue weighted by Crippen LogP contribution is -2.39. The number of aromatic nitrogens is 2. The zero-order valence-electron chi connectivity index (χ0n) is 10.7. The Morgan fingerprint density at radius 2 is 2.11 bits per heavy atom. The van der Waals surface area contributed by atoms with Crippen molar-refractivity contribution in [1.29, 1.82) is 0 Å². The standard InChI is InChI=1S/C12H18N4O2/c1-8-7-10(16-12(13-2)14-8)11(17)15-9-3-5-18-6-4-9/h7,9H,3-6H2,1-2H3,(H,15,17)(H,13,14,16). The average Bonchev–Trinajstić information content (AvgIpc) is 2.39. The first kappa shape index (κ1) is 12.8. The van der Waals surface area contributed by atoms with Gasteiger partial charge in [-0.3, -0.25) is 4.79 Å². The van der Waals surface area contributed by atoms with Gasteiger partial charge in [0.05, 0.1) is 0 Å². The number of carbonyl (C=O) groups excluding carboxylic acids is 1. The van der Waals surface area contributed by atoms with Crippen LogP contribution in [0.3, 0.4) is 0 Å². The Balaban J connectivity index is 2.05. The largest absolute Gasteiger partial charge is 0.381 e. The lowest BCUT2D eigenvalue weighted by atomic mass is 10.1. The number of carbonyl (C=O) groups is 1. The molecular weight excluding hydrogens is 232 g/mol. The van der Waals surface area contributed by atoms with Crippen LogP contribution < -0.4 is 10.6 Å². The van der Waals surface area contributed by atoms with Gasteiger partial charge in [0.1, 0.15) is 5.69 Å². The third kappa shape index (κ3) is 3.16. The highest BCUT2D eigenvalue weighted by molar-refractivity contribution is 5.92. The highest BCUT2D eigenvalue weighted by atomic mass is 16.5. The van der Waals surface area contributed by atoms with Crippen LogP contribution in [0.15, 0.2) is 6.07 Å². The van der Waals surface area contributed by atoms with E-state index in [1.54, 1.807) is 13.1 Å². The van der Waals surface area contributed by atoms with Gasteiger partial charge in [0.15, 0.2) is 0 Å². The molecule has 0 spiro atoms. The minimum absolute atomic E-state index is 0.149. The summed E-state index contributed by atoms with van der Waals surface area (Å²) >= 11 is 0. The van der Waals surface area contributed by atoms with Crippen molar-refractivity contribution in [2.45, 2.75) is 25.8 Å². The molecule has 1 saturated heterocycles. The molecule has 2 N–H and O–H groups in total. The summed E-state index contributed by atoms with van der Waals surface area (Å²) in [5.41, 5.74) is 1.17. The van der Waals surface area contributed by atoms with E-state index in [4.69, 9.17) is 4.74 Å². The first-order valence-corrected chi connectivity index (χ1v) is 6.11. The van der Waals surface area contributed by atoms with E-state index in [9.17, 15) is 4.79 Å². The molecule has 6 heteroatoms. The summed E-state index contributed by atoms with van der Waals surface area (Å²) in [6.45, 7) is 3.25. The van der Waals surface area contributed by atoms with E-state index < -0.39 is 0 Å². The smallest absolute Gasteiger partial charge is 0.270 e. The van der Waals surface area contributed by atoms with E-state index in [1.165, 1.54) is 0 Å². The minimum Gasteiger partial charge on any atom is -0.381 e. The molecular formula is C12H18N4O2. The van der Waals surface area contributed by atoms with Crippen LogP contribution in [0.25, 0.3) is 0 Å². The number of rotatable bonds is 3. The number of ether oxygens (including phenoxy) is 1. The Kier molecular flexibility index (Phi) is 4.09. The number of nitrogens with one attached hydrogen (secondary N) is 2. The summed E-state index contributed by atoms with van der Waals surface area (Å²) in [5.74, 6) is 0.316. The zero-order valence-corrected chi connectivity index (χ0v) is 10.7. The van der Waals surface area contributed by atoms with Gasteiger partial charge < -0.3 is 15.4 Å². The Morgan fingerprint density at radius 3 is 2.78 bits per heavy atom. The number of amides is 1. The van der Waals surface area contributed by atoms with Gasteiger partial charge in [-0.15, -0.1) is 0 Å². The van der Waals surface area contributed by atoms with Crippen LogP contribution in [-0.4, -0.2) is 42.2 Å². The van der Waals surface area contributed by atoms with Gasteiger partial charge >= 0.3 is 0 Å². The fourth-order valence-corrected chi connectivity index (χ4v) is 1.90. The Bertz CT molecular complexity index is 430. The Morgan fingerprint density at radius 1 is 1.39 bits per heavy atom. The Hall–Kier alpha value is -1.69. The van der Waals surface area contributed by atoms with Crippen molar-refractivity contribution < 1.29 is 9.53 Å². The number of anilines is 1. The summed E-state index contributed by atoms with van der Waals surface area (Å²) in [5, 5.41) is 5.82. The second kappa shape index (κ2) is 5.77. The van der Waals surface area contributed by atoms with Gasteiger partial charge in [-0.2, -0.15) is 0 Å². The van der Waals surface area contributed by atoms with Crippen molar-refractivity contribution >= 4 is 11.9 Å². The maximum Gasteiger partial charge on any atom is 0.270 e. The monoisotopic (exact) mass is 250 g/mol. The molecule has 0 atom stereocenters. The lowest BCUT2D eigenvalue weighted by Gasteiger charge is -2.22. The van der Waals surface area contributed by atoms with E-state index in [1.807, 2.05) is 6.92 Å². The lowest BCUT2D eigenvalue weighted by molar-refractivity contribution is 0.0694. The number of aryl methyl sites for hydroxylation is 1. The van der Waals surface area contributed by atoms with Crippen LogP contribution in [0, 0.1) is 6.92 Å². The minimum atomic E-state index is -0.149. The average molecular weight is 250 g/mol. The summed E-state index contributed by atoms with van der Waals surface area (Å²) in [6, 6.07) is 1.87. The third-order valence-corrected chi connectivity index (χ3v) is 2.87. The molecule has 2 heterocycles. The van der Waals surface area contributed by atoms with Crippen molar-refractivity contribution in [1.82, 2.24) is 15.3 Å². The highest BCUT2D eigenvalue weighted by Crippen LogP contribution is 2.09. The predicted octanol–water partition coefficient (Wildman–Crippen LogP) is 0.736. The molecule has 0 aliphatic carbocycles. The van der Waals surface area contributed by atoms with Crippen LogP contribution >= 0.6 is 0 Å². The summed E-state index contributed by atoms with van der Waals surface area (Å²) < 4.78 is 5.26. The third-order valence-electron chi connectivity index (χ3n) is 2.87. The molecule has 1 amide bonds. The molecule has 0 unspecified atom stereocenters. The maximum atomic E-state index is 12.1. The van der Waals surface area contributed by atoms with E-state index in [0.717, 1.165) is 18.5 Å². The van der Waals surface area contributed by atoms with Crippen molar-refractivity contribution in [2.75, 3.05) is 25.6 Å². The Labute approximate surface area is 106 Å². The zero-order chi connectivity index (χ0) is 13.0. The normalized spacial score (nSPS) is 16.3. The molecule has 0 bridgehead atoms. The fraction of sp³-hybridized carbons (Fsp3) is 0.583. The molecule has 1 aromatic rings. The van der Waals surface area contributed by atoms with Crippen molar-refractivity contribution in [3.8, 4) is 0 Å². The molecule has 0 saturated carbocycles. The molecule has 1 fully saturated rings. The van der Waals surface area contributed by atoms with E-state index >= 15 is 0 Å². The molecule has 18 heavy (non-hydrogen) atoms. The van der Waals surface area contributed by atoms with Crippen LogP contribution in [0.1, 0.15) is 29.0 Å². The van der Waals surface area contributed by atoms with Crippen molar-refractivity contribution in [3.05, 3.63) is 17.5 Å². The van der Waals surface area contributed by atoms with Gasteiger partial charge in [0.2, 0.25) is 5.95 Å².